The maximum atomic E-state index is 12.4. The number of benzene rings is 1. The number of urea groups is 1. The summed E-state index contributed by atoms with van der Waals surface area (Å²) in [5, 5.41) is 2.18. The first-order chi connectivity index (χ1) is 12.4. The van der Waals surface area contributed by atoms with Crippen LogP contribution >= 0.6 is 0 Å². The molecule has 1 aromatic heterocycles. The zero-order chi connectivity index (χ0) is 19.2. The molecule has 0 aliphatic rings. The first-order valence-corrected chi connectivity index (χ1v) is 8.77. The third-order valence-corrected chi connectivity index (χ3v) is 4.22. The molecule has 26 heavy (non-hydrogen) atoms. The van der Waals surface area contributed by atoms with Gasteiger partial charge in [0.15, 0.2) is 0 Å². The maximum Gasteiger partial charge on any atom is 0.335 e. The third-order valence-electron chi connectivity index (χ3n) is 2.85. The molecule has 0 saturated carbocycles. The van der Waals surface area contributed by atoms with E-state index in [1.54, 1.807) is 13.0 Å². The fourth-order valence-corrected chi connectivity index (χ4v) is 2.88. The summed E-state index contributed by atoms with van der Waals surface area (Å²) >= 11 is 0. The van der Waals surface area contributed by atoms with Gasteiger partial charge in [-0.2, -0.15) is 9.97 Å². The molecule has 0 radical (unpaired) electrons. The van der Waals surface area contributed by atoms with E-state index in [-0.39, 0.29) is 35.2 Å². The molecule has 2 amide bonds. The van der Waals surface area contributed by atoms with E-state index in [2.05, 4.69) is 20.3 Å². The Hall–Kier alpha value is -3.15. The first-order valence-electron chi connectivity index (χ1n) is 7.29. The highest BCUT2D eigenvalue weighted by Gasteiger charge is 2.22. The van der Waals surface area contributed by atoms with E-state index in [1.807, 2.05) is 4.72 Å². The summed E-state index contributed by atoms with van der Waals surface area (Å²) in [6, 6.07) is 4.62. The van der Waals surface area contributed by atoms with Crippen molar-refractivity contribution in [3.05, 3.63) is 24.3 Å². The Morgan fingerprint density at radius 1 is 1.08 bits per heavy atom. The van der Waals surface area contributed by atoms with Crippen LogP contribution in [0.2, 0.25) is 0 Å². The fourth-order valence-electron chi connectivity index (χ4n) is 1.83. The van der Waals surface area contributed by atoms with Gasteiger partial charge < -0.3 is 14.2 Å². The molecule has 2 aromatic rings. The number of anilines is 1. The van der Waals surface area contributed by atoms with Crippen LogP contribution in [0.5, 0.6) is 17.8 Å². The largest absolute Gasteiger partial charge is 0.492 e. The molecule has 0 unspecified atom stereocenters. The standard InChI is InChI=1S/C14H17N5O6S/c1-4-25-9-7-5-6-8-10(9)26(21,22)19-12(20)15-11-16-13(23-2)18-14(17-11)24-3/h5-8H,4H2,1-3H3,(H2,15,16,17,18,19,20). The van der Waals surface area contributed by atoms with Crippen LogP contribution in [0.25, 0.3) is 0 Å². The van der Waals surface area contributed by atoms with E-state index in [0.29, 0.717) is 0 Å². The molecule has 0 fully saturated rings. The number of amides is 2. The van der Waals surface area contributed by atoms with Crippen molar-refractivity contribution in [3.63, 3.8) is 0 Å². The second kappa shape index (κ2) is 8.29. The van der Waals surface area contributed by atoms with Gasteiger partial charge in [0.25, 0.3) is 10.0 Å². The minimum Gasteiger partial charge on any atom is -0.492 e. The lowest BCUT2D eigenvalue weighted by Crippen LogP contribution is -2.35. The Balaban J connectivity index is 2.19. The summed E-state index contributed by atoms with van der Waals surface area (Å²) in [5.74, 6) is -0.127. The number of hydrogen-bond donors (Lipinski definition) is 2. The Bertz CT molecular complexity index is 867. The van der Waals surface area contributed by atoms with Gasteiger partial charge in [-0.25, -0.2) is 17.9 Å². The van der Waals surface area contributed by atoms with Crippen molar-refractivity contribution < 1.29 is 27.4 Å². The van der Waals surface area contributed by atoms with Crippen LogP contribution in [0, 0.1) is 0 Å². The summed E-state index contributed by atoms with van der Waals surface area (Å²) in [6.45, 7) is 1.98. The van der Waals surface area contributed by atoms with Crippen molar-refractivity contribution in [2.75, 3.05) is 26.1 Å². The molecule has 0 atom stereocenters. The monoisotopic (exact) mass is 383 g/mol. The second-order valence-electron chi connectivity index (χ2n) is 4.57. The van der Waals surface area contributed by atoms with Gasteiger partial charge in [0.2, 0.25) is 5.95 Å². The van der Waals surface area contributed by atoms with Gasteiger partial charge in [0.05, 0.1) is 20.8 Å². The van der Waals surface area contributed by atoms with Crippen LogP contribution in [0.3, 0.4) is 0 Å². The summed E-state index contributed by atoms with van der Waals surface area (Å²) in [4.78, 5) is 23.2. The molecule has 2 rings (SSSR count). The van der Waals surface area contributed by atoms with Crippen LogP contribution in [0.4, 0.5) is 10.7 Å². The number of nitrogens with zero attached hydrogens (tertiary/aromatic N) is 3. The van der Waals surface area contributed by atoms with Gasteiger partial charge in [-0.15, -0.1) is 4.98 Å². The number of ether oxygens (including phenoxy) is 3. The van der Waals surface area contributed by atoms with E-state index in [4.69, 9.17) is 14.2 Å². The molecule has 0 spiro atoms. The lowest BCUT2D eigenvalue weighted by atomic mass is 10.3. The minimum atomic E-state index is -4.18. The Morgan fingerprint density at radius 3 is 2.27 bits per heavy atom. The molecule has 11 nitrogen and oxygen atoms in total. The van der Waals surface area contributed by atoms with Gasteiger partial charge in [-0.05, 0) is 19.1 Å². The SMILES string of the molecule is CCOc1ccccc1S(=O)(=O)NC(=O)Nc1nc(OC)nc(OC)n1. The molecular weight excluding hydrogens is 366 g/mol. The van der Waals surface area contributed by atoms with Gasteiger partial charge in [0, 0.05) is 0 Å². The molecule has 1 aromatic carbocycles. The molecule has 0 aliphatic carbocycles. The van der Waals surface area contributed by atoms with Crippen LogP contribution in [-0.4, -0.2) is 50.2 Å². The zero-order valence-corrected chi connectivity index (χ0v) is 15.0. The third kappa shape index (κ3) is 4.69. The smallest absolute Gasteiger partial charge is 0.335 e. The number of rotatable bonds is 7. The van der Waals surface area contributed by atoms with Gasteiger partial charge in [-0.3, -0.25) is 5.32 Å². The number of nitrogens with one attached hydrogen (secondary N) is 2. The molecule has 140 valence electrons. The number of carbonyl (C=O) groups excluding carboxylic acids is 1. The molecule has 0 aliphatic heterocycles. The van der Waals surface area contributed by atoms with E-state index in [1.165, 1.54) is 32.4 Å². The van der Waals surface area contributed by atoms with Crippen molar-refractivity contribution in [1.29, 1.82) is 0 Å². The number of sulfonamides is 1. The molecule has 2 N–H and O–H groups in total. The van der Waals surface area contributed by atoms with Crippen LogP contribution < -0.4 is 24.2 Å². The van der Waals surface area contributed by atoms with Crippen molar-refractivity contribution in [2.45, 2.75) is 11.8 Å². The quantitative estimate of drug-likeness (QED) is 0.710. The highest BCUT2D eigenvalue weighted by Crippen LogP contribution is 2.23. The summed E-state index contributed by atoms with van der Waals surface area (Å²) in [5.41, 5.74) is 0. The Morgan fingerprint density at radius 2 is 1.69 bits per heavy atom. The predicted molar refractivity (Wildman–Crippen MR) is 89.9 cm³/mol. The van der Waals surface area contributed by atoms with Crippen molar-refractivity contribution in [3.8, 4) is 17.8 Å². The van der Waals surface area contributed by atoms with Crippen LogP contribution in [-0.2, 0) is 10.0 Å². The summed E-state index contributed by atoms with van der Waals surface area (Å²) in [6.07, 6.45) is 0. The van der Waals surface area contributed by atoms with Gasteiger partial charge in [0.1, 0.15) is 10.6 Å². The topological polar surface area (TPSA) is 142 Å². The average molecular weight is 383 g/mol. The molecule has 0 saturated heterocycles. The van der Waals surface area contributed by atoms with Crippen molar-refractivity contribution >= 4 is 22.0 Å². The predicted octanol–water partition coefficient (Wildman–Crippen LogP) is 0.798. The first kappa shape index (κ1) is 19.2. The van der Waals surface area contributed by atoms with E-state index >= 15 is 0 Å². The minimum absolute atomic E-state index is 0.114. The summed E-state index contributed by atoms with van der Waals surface area (Å²) in [7, 11) is -1.56. The van der Waals surface area contributed by atoms with E-state index in [0.717, 1.165) is 0 Å². The van der Waals surface area contributed by atoms with Crippen LogP contribution in [0.15, 0.2) is 29.2 Å². The highest BCUT2D eigenvalue weighted by atomic mass is 32.2. The van der Waals surface area contributed by atoms with Crippen LogP contribution in [0.1, 0.15) is 6.92 Å². The van der Waals surface area contributed by atoms with E-state index in [9.17, 15) is 13.2 Å². The number of methoxy groups -OCH3 is 2. The number of aromatic nitrogens is 3. The number of para-hydroxylation sites is 1. The average Bonchev–Trinajstić information content (AvgIpc) is 2.61. The lowest BCUT2D eigenvalue weighted by Gasteiger charge is -2.12. The number of hydrogen-bond acceptors (Lipinski definition) is 9. The lowest BCUT2D eigenvalue weighted by molar-refractivity contribution is 0.256. The van der Waals surface area contributed by atoms with Crippen molar-refractivity contribution in [2.24, 2.45) is 0 Å². The summed E-state index contributed by atoms with van der Waals surface area (Å²) < 4.78 is 41.6. The normalized spacial score (nSPS) is 10.7. The molecular formula is C14H17N5O6S. The molecule has 12 heteroatoms. The van der Waals surface area contributed by atoms with Gasteiger partial charge >= 0.3 is 18.1 Å². The second-order valence-corrected chi connectivity index (χ2v) is 6.22. The Labute approximate surface area is 149 Å². The van der Waals surface area contributed by atoms with Gasteiger partial charge in [-0.1, -0.05) is 12.1 Å². The molecule has 0 bridgehead atoms. The fraction of sp³-hybridized carbons (Fsp3) is 0.286. The molecule has 1 heterocycles. The highest BCUT2D eigenvalue weighted by molar-refractivity contribution is 7.90. The maximum absolute atomic E-state index is 12.4. The zero-order valence-electron chi connectivity index (χ0n) is 14.2. The van der Waals surface area contributed by atoms with Crippen molar-refractivity contribution in [1.82, 2.24) is 19.7 Å². The van der Waals surface area contributed by atoms with E-state index < -0.39 is 16.1 Å². The Kier molecular flexibility index (Phi) is 6.11. The number of carbonyl (C=O) groups is 1.